The van der Waals surface area contributed by atoms with Crippen LogP contribution in [0.2, 0.25) is 5.31 Å². The van der Waals surface area contributed by atoms with Crippen LogP contribution < -0.4 is 5.46 Å². The van der Waals surface area contributed by atoms with Crippen LogP contribution in [0.3, 0.4) is 0 Å². The predicted octanol–water partition coefficient (Wildman–Crippen LogP) is 2.89. The summed E-state index contributed by atoms with van der Waals surface area (Å²) in [6.45, 7) is 12.1. The van der Waals surface area contributed by atoms with E-state index >= 15 is 0 Å². The van der Waals surface area contributed by atoms with Crippen LogP contribution in [0.1, 0.15) is 47.1 Å². The van der Waals surface area contributed by atoms with Gasteiger partial charge < -0.3 is 19.4 Å². The van der Waals surface area contributed by atoms with E-state index in [2.05, 4.69) is 58.0 Å². The third-order valence-electron chi connectivity index (χ3n) is 6.72. The Morgan fingerprint density at radius 1 is 1.00 bits per heavy atom. The summed E-state index contributed by atoms with van der Waals surface area (Å²) >= 11 is 0. The van der Waals surface area contributed by atoms with Gasteiger partial charge in [0.2, 0.25) is 0 Å². The van der Waals surface area contributed by atoms with Gasteiger partial charge in [-0.05, 0) is 51.1 Å². The molecule has 1 heterocycles. The summed E-state index contributed by atoms with van der Waals surface area (Å²) < 4.78 is 12.2. The van der Waals surface area contributed by atoms with Gasteiger partial charge in [-0.25, -0.2) is 0 Å². The van der Waals surface area contributed by atoms with Crippen LogP contribution in [0, 0.1) is 5.92 Å². The molecule has 1 aliphatic carbocycles. The quantitative estimate of drug-likeness (QED) is 0.803. The van der Waals surface area contributed by atoms with E-state index in [0.717, 1.165) is 11.9 Å². The standard InChI is InChI=1S/C21H30B2O4/c1-15-17(8-7-13-21(15,6)23(24)25)14-16-9-11-18(12-10-16)22-26-19(2,3)20(4,5)27-22/h7-13,15,24-25H,14H2,1-6H3. The molecule has 1 fully saturated rings. The smallest absolute Gasteiger partial charge is 0.426 e. The first kappa shape index (κ1) is 20.4. The normalized spacial score (nSPS) is 29.0. The number of hydrogen-bond acceptors (Lipinski definition) is 4. The Balaban J connectivity index is 1.72. The highest BCUT2D eigenvalue weighted by Gasteiger charge is 2.51. The zero-order valence-electron chi connectivity index (χ0n) is 17.2. The molecular weight excluding hydrogens is 338 g/mol. The van der Waals surface area contributed by atoms with Crippen molar-refractivity contribution in [3.63, 3.8) is 0 Å². The lowest BCUT2D eigenvalue weighted by Gasteiger charge is -2.36. The van der Waals surface area contributed by atoms with Crippen molar-refractivity contribution < 1.29 is 19.4 Å². The lowest BCUT2D eigenvalue weighted by Crippen LogP contribution is -2.41. The monoisotopic (exact) mass is 368 g/mol. The molecule has 2 atom stereocenters. The minimum atomic E-state index is -1.38. The first-order valence-electron chi connectivity index (χ1n) is 9.65. The molecule has 0 aromatic heterocycles. The van der Waals surface area contributed by atoms with Gasteiger partial charge in [-0.3, -0.25) is 0 Å². The Morgan fingerprint density at radius 3 is 2.07 bits per heavy atom. The van der Waals surface area contributed by atoms with Gasteiger partial charge in [-0.1, -0.05) is 61.9 Å². The number of allylic oxidation sites excluding steroid dienone is 4. The van der Waals surface area contributed by atoms with E-state index in [-0.39, 0.29) is 24.2 Å². The fourth-order valence-corrected chi connectivity index (χ4v) is 3.60. The van der Waals surface area contributed by atoms with Crippen molar-refractivity contribution in [2.45, 2.75) is 64.5 Å². The van der Waals surface area contributed by atoms with Crippen molar-refractivity contribution in [1.29, 1.82) is 0 Å². The van der Waals surface area contributed by atoms with Gasteiger partial charge in [0.25, 0.3) is 0 Å². The Bertz CT molecular complexity index is 736. The number of rotatable bonds is 4. The van der Waals surface area contributed by atoms with Gasteiger partial charge in [0, 0.05) is 5.31 Å². The molecule has 2 aliphatic rings. The Kier molecular flexibility index (Phi) is 5.23. The largest absolute Gasteiger partial charge is 0.494 e. The van der Waals surface area contributed by atoms with Crippen LogP contribution in [0.5, 0.6) is 0 Å². The van der Waals surface area contributed by atoms with Gasteiger partial charge in [-0.2, -0.15) is 0 Å². The summed E-state index contributed by atoms with van der Waals surface area (Å²) in [6, 6.07) is 8.31. The molecule has 1 aromatic rings. The lowest BCUT2D eigenvalue weighted by atomic mass is 9.50. The van der Waals surface area contributed by atoms with Crippen molar-refractivity contribution in [1.82, 2.24) is 0 Å². The highest BCUT2D eigenvalue weighted by atomic mass is 16.7. The van der Waals surface area contributed by atoms with E-state index in [9.17, 15) is 10.0 Å². The van der Waals surface area contributed by atoms with E-state index in [1.54, 1.807) is 0 Å². The maximum atomic E-state index is 9.78. The molecular formula is C21H30B2O4. The fraction of sp³-hybridized carbons (Fsp3) is 0.524. The minimum Gasteiger partial charge on any atom is -0.426 e. The number of benzene rings is 1. The second kappa shape index (κ2) is 6.93. The molecule has 2 unspecified atom stereocenters. The summed E-state index contributed by atoms with van der Waals surface area (Å²) in [5, 5.41) is 18.9. The fourth-order valence-electron chi connectivity index (χ4n) is 3.60. The maximum absolute atomic E-state index is 9.78. The molecule has 1 aromatic carbocycles. The molecule has 4 nitrogen and oxygen atoms in total. The van der Waals surface area contributed by atoms with Crippen LogP contribution in [0.15, 0.2) is 48.1 Å². The van der Waals surface area contributed by atoms with Crippen LogP contribution >= 0.6 is 0 Å². The topological polar surface area (TPSA) is 58.9 Å². The van der Waals surface area contributed by atoms with Crippen molar-refractivity contribution in [2.75, 3.05) is 0 Å². The highest BCUT2D eigenvalue weighted by molar-refractivity contribution is 6.62. The van der Waals surface area contributed by atoms with Gasteiger partial charge >= 0.3 is 14.2 Å². The molecule has 0 bridgehead atoms. The van der Waals surface area contributed by atoms with Crippen molar-refractivity contribution in [2.24, 2.45) is 5.92 Å². The van der Waals surface area contributed by atoms with E-state index in [1.165, 1.54) is 11.1 Å². The van der Waals surface area contributed by atoms with Crippen molar-refractivity contribution >= 4 is 19.7 Å². The molecule has 27 heavy (non-hydrogen) atoms. The summed E-state index contributed by atoms with van der Waals surface area (Å²) in [5.41, 5.74) is 2.69. The predicted molar refractivity (Wildman–Crippen MR) is 111 cm³/mol. The average molecular weight is 368 g/mol. The molecule has 3 rings (SSSR count). The van der Waals surface area contributed by atoms with Crippen molar-refractivity contribution in [3.05, 3.63) is 53.6 Å². The Labute approximate surface area is 163 Å². The van der Waals surface area contributed by atoms with Gasteiger partial charge in [-0.15, -0.1) is 0 Å². The van der Waals surface area contributed by atoms with E-state index in [0.29, 0.717) is 0 Å². The van der Waals surface area contributed by atoms with E-state index < -0.39 is 12.4 Å². The second-order valence-electron chi connectivity index (χ2n) is 9.07. The molecule has 0 amide bonds. The molecule has 0 saturated carbocycles. The maximum Gasteiger partial charge on any atom is 0.494 e. The molecule has 2 N–H and O–H groups in total. The zero-order chi connectivity index (χ0) is 20.0. The van der Waals surface area contributed by atoms with E-state index in [4.69, 9.17) is 9.31 Å². The summed E-state index contributed by atoms with van der Waals surface area (Å²) in [7, 11) is -1.73. The first-order chi connectivity index (χ1) is 12.5. The highest BCUT2D eigenvalue weighted by Crippen LogP contribution is 2.45. The van der Waals surface area contributed by atoms with Gasteiger partial charge in [0.05, 0.1) is 11.2 Å². The SMILES string of the molecule is CC1C(Cc2ccc(B3OC(C)(C)C(C)(C)O3)cc2)=CC=CC1(C)B(O)O. The summed E-state index contributed by atoms with van der Waals surface area (Å²) in [5.74, 6) is 0.0465. The van der Waals surface area contributed by atoms with E-state index in [1.807, 2.05) is 26.0 Å². The van der Waals surface area contributed by atoms with Crippen molar-refractivity contribution in [3.8, 4) is 0 Å². The third-order valence-corrected chi connectivity index (χ3v) is 6.72. The van der Waals surface area contributed by atoms with Gasteiger partial charge in [0.15, 0.2) is 0 Å². The lowest BCUT2D eigenvalue weighted by molar-refractivity contribution is 0.00578. The molecule has 0 spiro atoms. The molecule has 1 aliphatic heterocycles. The summed E-state index contributed by atoms with van der Waals surface area (Å²) in [6.07, 6.45) is 6.66. The average Bonchev–Trinajstić information content (AvgIpc) is 2.80. The molecule has 144 valence electrons. The molecule has 1 saturated heterocycles. The van der Waals surface area contributed by atoms with Gasteiger partial charge in [0.1, 0.15) is 0 Å². The summed E-state index contributed by atoms with van der Waals surface area (Å²) in [4.78, 5) is 0. The minimum absolute atomic E-state index is 0.0465. The number of hydrogen-bond donors (Lipinski definition) is 2. The zero-order valence-corrected chi connectivity index (χ0v) is 17.2. The molecule has 6 heteroatoms. The Hall–Kier alpha value is -1.33. The Morgan fingerprint density at radius 2 is 1.56 bits per heavy atom. The van der Waals surface area contributed by atoms with Crippen LogP contribution in [0.25, 0.3) is 0 Å². The van der Waals surface area contributed by atoms with Crippen LogP contribution in [0.4, 0.5) is 0 Å². The molecule has 0 radical (unpaired) electrons. The van der Waals surface area contributed by atoms with Crippen LogP contribution in [-0.4, -0.2) is 35.5 Å². The second-order valence-corrected chi connectivity index (χ2v) is 9.07. The first-order valence-corrected chi connectivity index (χ1v) is 9.65. The third kappa shape index (κ3) is 3.68. The van der Waals surface area contributed by atoms with Crippen LogP contribution in [-0.2, 0) is 15.7 Å².